The molecule has 17 heteroatoms. The molecular weight excluding hydrogens is 572 g/mol. The lowest BCUT2D eigenvalue weighted by Crippen LogP contribution is -2.37. The van der Waals surface area contributed by atoms with E-state index in [-0.39, 0.29) is 43.4 Å². The molecule has 3 amide bonds. The fraction of sp³-hybridized carbons (Fsp3) is 0.538. The molecule has 0 saturated carbocycles. The van der Waals surface area contributed by atoms with Crippen LogP contribution in [0, 0.1) is 20.2 Å². The maximum atomic E-state index is 11.8. The minimum absolute atomic E-state index is 0.00723. The van der Waals surface area contributed by atoms with E-state index in [1.165, 1.54) is 12.1 Å². The molecule has 1 aromatic rings. The summed E-state index contributed by atoms with van der Waals surface area (Å²) in [5.41, 5.74) is -0.630. The number of nitro benzene ring substituents is 2. The Kier molecular flexibility index (Phi) is 15.2. The van der Waals surface area contributed by atoms with Gasteiger partial charge in [-0.1, -0.05) is 0 Å². The Balaban J connectivity index is 1.47. The van der Waals surface area contributed by atoms with Gasteiger partial charge in [-0.15, -0.1) is 0 Å². The van der Waals surface area contributed by atoms with Crippen molar-refractivity contribution in [3.8, 4) is 0 Å². The third kappa shape index (κ3) is 12.9. The second-order valence-corrected chi connectivity index (χ2v) is 9.32. The number of nitrogens with one attached hydrogen (secondary N) is 3. The number of carbonyl (C=O) groups is 4. The van der Waals surface area contributed by atoms with Crippen molar-refractivity contribution < 1.29 is 43.6 Å². The second-order valence-electron chi connectivity index (χ2n) is 9.32. The third-order valence-corrected chi connectivity index (χ3v) is 6.18. The Labute approximate surface area is 246 Å². The van der Waals surface area contributed by atoms with Gasteiger partial charge in [-0.2, -0.15) is 0 Å². The average molecular weight is 609 g/mol. The molecule has 1 heterocycles. The van der Waals surface area contributed by atoms with Crippen LogP contribution in [0.5, 0.6) is 0 Å². The molecule has 0 aliphatic carbocycles. The van der Waals surface area contributed by atoms with Gasteiger partial charge in [-0.25, -0.2) is 0 Å². The Hall–Kier alpha value is -4.48. The van der Waals surface area contributed by atoms with Crippen LogP contribution < -0.4 is 16.0 Å². The van der Waals surface area contributed by atoms with Crippen LogP contribution in [0.25, 0.3) is 0 Å². The van der Waals surface area contributed by atoms with E-state index >= 15 is 0 Å². The van der Waals surface area contributed by atoms with Crippen LogP contribution >= 0.6 is 0 Å². The molecule has 0 fully saturated rings. The summed E-state index contributed by atoms with van der Waals surface area (Å²) in [7, 11) is 0. The summed E-state index contributed by atoms with van der Waals surface area (Å²) in [6.45, 7) is 2.32. The number of non-ortho nitro benzene ring substituents is 1. The Morgan fingerprint density at radius 3 is 2.26 bits per heavy atom. The number of ether oxygens (including phenoxy) is 2. The Morgan fingerprint density at radius 1 is 0.907 bits per heavy atom. The van der Waals surface area contributed by atoms with Crippen LogP contribution in [0.1, 0.15) is 32.1 Å². The summed E-state index contributed by atoms with van der Waals surface area (Å²) >= 11 is 0. The number of hydrogen-bond donors (Lipinski definition) is 4. The van der Waals surface area contributed by atoms with Crippen LogP contribution in [0.2, 0.25) is 0 Å². The first-order chi connectivity index (χ1) is 20.6. The van der Waals surface area contributed by atoms with Crippen LogP contribution in [0.4, 0.5) is 17.1 Å². The highest BCUT2D eigenvalue weighted by Crippen LogP contribution is 2.28. The standard InChI is InChI=1S/C26H36N6O11/c33-23(9-13-30-24(34)7-8-25(30)35)29-12-15-43-17-16-42-14-3-11-28-21(26(36)37)4-1-2-10-27-20-6-5-19(31(38)39)18-22(20)32(40)41/h5-8,18,21,27-28H,1-4,9-17H2,(H,29,33)(H,36,37). The summed E-state index contributed by atoms with van der Waals surface area (Å²) in [4.78, 5) is 67.8. The van der Waals surface area contributed by atoms with Crippen molar-refractivity contribution in [3.05, 3.63) is 50.6 Å². The highest BCUT2D eigenvalue weighted by atomic mass is 16.6. The molecule has 1 unspecified atom stereocenters. The van der Waals surface area contributed by atoms with Gasteiger partial charge in [0, 0.05) is 50.9 Å². The highest BCUT2D eigenvalue weighted by molar-refractivity contribution is 6.13. The topological polar surface area (TPSA) is 233 Å². The van der Waals surface area contributed by atoms with E-state index < -0.39 is 39.4 Å². The number of rotatable bonds is 23. The molecule has 236 valence electrons. The van der Waals surface area contributed by atoms with Crippen molar-refractivity contribution in [2.75, 3.05) is 57.9 Å². The number of imide groups is 1. The number of benzene rings is 1. The lowest BCUT2D eigenvalue weighted by atomic mass is 10.1. The lowest BCUT2D eigenvalue weighted by molar-refractivity contribution is -0.393. The van der Waals surface area contributed by atoms with Gasteiger partial charge in [0.2, 0.25) is 5.91 Å². The number of carboxylic acids is 1. The van der Waals surface area contributed by atoms with E-state index in [0.717, 1.165) is 23.1 Å². The van der Waals surface area contributed by atoms with Crippen LogP contribution in [0.15, 0.2) is 30.4 Å². The van der Waals surface area contributed by atoms with E-state index in [4.69, 9.17) is 9.47 Å². The van der Waals surface area contributed by atoms with Crippen molar-refractivity contribution in [1.82, 2.24) is 15.5 Å². The number of nitrogens with zero attached hydrogens (tertiary/aromatic N) is 3. The summed E-state index contributed by atoms with van der Waals surface area (Å²) in [5, 5.41) is 39.9. The lowest BCUT2D eigenvalue weighted by Gasteiger charge is -2.15. The molecule has 0 saturated heterocycles. The zero-order valence-electron chi connectivity index (χ0n) is 23.5. The van der Waals surface area contributed by atoms with E-state index in [2.05, 4.69) is 16.0 Å². The quantitative estimate of drug-likeness (QED) is 0.0588. The summed E-state index contributed by atoms with van der Waals surface area (Å²) in [6, 6.07) is 2.58. The Morgan fingerprint density at radius 2 is 1.60 bits per heavy atom. The molecular formula is C26H36N6O11. The molecule has 1 atom stereocenters. The fourth-order valence-electron chi connectivity index (χ4n) is 3.93. The van der Waals surface area contributed by atoms with Crippen LogP contribution in [-0.2, 0) is 28.7 Å². The summed E-state index contributed by atoms with van der Waals surface area (Å²) in [6.07, 6.45) is 4.31. The molecule has 0 aromatic heterocycles. The minimum atomic E-state index is -0.990. The van der Waals surface area contributed by atoms with Gasteiger partial charge >= 0.3 is 5.97 Å². The van der Waals surface area contributed by atoms with Gasteiger partial charge in [0.05, 0.1) is 35.7 Å². The van der Waals surface area contributed by atoms with Gasteiger partial charge in [-0.05, 0) is 38.3 Å². The average Bonchev–Trinajstić information content (AvgIpc) is 3.29. The summed E-state index contributed by atoms with van der Waals surface area (Å²) < 4.78 is 10.8. The number of hydrogen-bond acceptors (Lipinski definition) is 12. The number of carboxylic acid groups (broad SMARTS) is 1. The third-order valence-electron chi connectivity index (χ3n) is 6.18. The monoisotopic (exact) mass is 608 g/mol. The molecule has 4 N–H and O–H groups in total. The van der Waals surface area contributed by atoms with E-state index in [1.54, 1.807) is 0 Å². The van der Waals surface area contributed by atoms with Crippen molar-refractivity contribution >= 4 is 40.8 Å². The predicted octanol–water partition coefficient (Wildman–Crippen LogP) is 0.983. The zero-order chi connectivity index (χ0) is 31.6. The van der Waals surface area contributed by atoms with Crippen LogP contribution in [0.3, 0.4) is 0 Å². The molecule has 0 radical (unpaired) electrons. The first kappa shape index (κ1) is 34.7. The molecule has 0 bridgehead atoms. The molecule has 0 spiro atoms. The first-order valence-corrected chi connectivity index (χ1v) is 13.7. The molecule has 1 aliphatic heterocycles. The number of carbonyl (C=O) groups excluding carboxylic acids is 3. The minimum Gasteiger partial charge on any atom is -0.480 e. The maximum absolute atomic E-state index is 11.8. The van der Waals surface area contributed by atoms with Gasteiger partial charge in [0.15, 0.2) is 0 Å². The fourth-order valence-corrected chi connectivity index (χ4v) is 3.93. The number of anilines is 1. The number of nitro groups is 2. The number of amides is 3. The van der Waals surface area contributed by atoms with E-state index in [9.17, 15) is 44.5 Å². The van der Waals surface area contributed by atoms with Crippen LogP contribution in [-0.4, -0.2) is 102 Å². The predicted molar refractivity (Wildman–Crippen MR) is 151 cm³/mol. The molecule has 17 nitrogen and oxygen atoms in total. The van der Waals surface area contributed by atoms with Crippen molar-refractivity contribution in [2.24, 2.45) is 0 Å². The van der Waals surface area contributed by atoms with Gasteiger partial charge in [0.25, 0.3) is 23.2 Å². The second kappa shape index (κ2) is 18.9. The van der Waals surface area contributed by atoms with E-state index in [1.807, 2.05) is 0 Å². The molecule has 2 rings (SSSR count). The van der Waals surface area contributed by atoms with E-state index in [0.29, 0.717) is 58.6 Å². The van der Waals surface area contributed by atoms with Gasteiger partial charge in [0.1, 0.15) is 11.7 Å². The van der Waals surface area contributed by atoms with Gasteiger partial charge < -0.3 is 30.5 Å². The zero-order valence-corrected chi connectivity index (χ0v) is 23.5. The normalized spacial score (nSPS) is 13.3. The van der Waals surface area contributed by atoms with Gasteiger partial charge in [-0.3, -0.25) is 44.3 Å². The molecule has 43 heavy (non-hydrogen) atoms. The maximum Gasteiger partial charge on any atom is 0.320 e. The SMILES string of the molecule is O=C(CCN1C(=O)C=CC1=O)NCCOCCOCCCNC(CCCCNc1ccc([N+](=O)[O-])cc1[N+](=O)[O-])C(=O)O. The van der Waals surface area contributed by atoms with Crippen molar-refractivity contribution in [2.45, 2.75) is 38.1 Å². The Bertz CT molecular complexity index is 1160. The number of unbranched alkanes of at least 4 members (excludes halogenated alkanes) is 1. The van der Waals surface area contributed by atoms with Crippen molar-refractivity contribution in [3.63, 3.8) is 0 Å². The molecule has 1 aromatic carbocycles. The smallest absolute Gasteiger partial charge is 0.320 e. The molecule has 1 aliphatic rings. The first-order valence-electron chi connectivity index (χ1n) is 13.7. The van der Waals surface area contributed by atoms with Crippen molar-refractivity contribution in [1.29, 1.82) is 0 Å². The number of aliphatic carboxylic acids is 1. The largest absolute Gasteiger partial charge is 0.480 e. The highest BCUT2D eigenvalue weighted by Gasteiger charge is 2.23. The summed E-state index contributed by atoms with van der Waals surface area (Å²) in [5.74, 6) is -2.15.